The van der Waals surface area contributed by atoms with E-state index >= 15 is 0 Å². The summed E-state index contributed by atoms with van der Waals surface area (Å²) in [5, 5.41) is 0.363. The summed E-state index contributed by atoms with van der Waals surface area (Å²) >= 11 is 5.64. The van der Waals surface area contributed by atoms with Crippen LogP contribution in [0.15, 0.2) is 12.1 Å². The molecule has 0 amide bonds. The van der Waals surface area contributed by atoms with Gasteiger partial charge in [-0.25, -0.2) is 4.39 Å². The molecule has 1 aromatic carbocycles. The lowest BCUT2D eigenvalue weighted by molar-refractivity contribution is 0.335. The molecule has 0 aliphatic rings. The molecule has 3 heteroatoms. The number of halogens is 2. The molecule has 0 bridgehead atoms. The molecule has 12 heavy (non-hydrogen) atoms. The van der Waals surface area contributed by atoms with Gasteiger partial charge in [0, 0.05) is 10.6 Å². The van der Waals surface area contributed by atoms with Crippen molar-refractivity contribution >= 4 is 11.6 Å². The summed E-state index contributed by atoms with van der Waals surface area (Å²) < 4.78 is 18.2. The number of rotatable bonds is 2. The van der Waals surface area contributed by atoms with Crippen LogP contribution in [0.3, 0.4) is 0 Å². The largest absolute Gasteiger partial charge is 0.493 e. The second-order valence-corrected chi connectivity index (χ2v) is 2.88. The van der Waals surface area contributed by atoms with Crippen LogP contribution in [0.25, 0.3) is 0 Å². The van der Waals surface area contributed by atoms with Gasteiger partial charge in [0.05, 0.1) is 6.61 Å². The fourth-order valence-electron chi connectivity index (χ4n) is 0.928. The third-order valence-electron chi connectivity index (χ3n) is 1.56. The fourth-order valence-corrected chi connectivity index (χ4v) is 1.12. The van der Waals surface area contributed by atoms with Crippen LogP contribution < -0.4 is 4.74 Å². The van der Waals surface area contributed by atoms with Gasteiger partial charge in [-0.2, -0.15) is 0 Å². The summed E-state index contributed by atoms with van der Waals surface area (Å²) in [4.78, 5) is 0. The monoisotopic (exact) mass is 188 g/mol. The van der Waals surface area contributed by atoms with E-state index in [-0.39, 0.29) is 5.82 Å². The topological polar surface area (TPSA) is 9.23 Å². The van der Waals surface area contributed by atoms with Crippen LogP contribution in [0.1, 0.15) is 12.5 Å². The van der Waals surface area contributed by atoms with E-state index in [1.54, 1.807) is 13.0 Å². The molecule has 0 aliphatic heterocycles. The average molecular weight is 189 g/mol. The van der Waals surface area contributed by atoms with Crippen LogP contribution in [0.5, 0.6) is 5.75 Å². The van der Waals surface area contributed by atoms with Crippen molar-refractivity contribution in [3.05, 3.63) is 28.5 Å². The lowest BCUT2D eigenvalue weighted by Crippen LogP contribution is -1.95. The van der Waals surface area contributed by atoms with E-state index in [4.69, 9.17) is 16.3 Å². The highest BCUT2D eigenvalue weighted by Gasteiger charge is 2.06. The van der Waals surface area contributed by atoms with Crippen molar-refractivity contribution in [2.45, 2.75) is 13.8 Å². The van der Waals surface area contributed by atoms with Crippen molar-refractivity contribution in [1.82, 2.24) is 0 Å². The normalized spacial score (nSPS) is 10.0. The molecule has 0 saturated carbocycles. The molecule has 1 nitrogen and oxygen atoms in total. The number of benzene rings is 1. The lowest BCUT2D eigenvalue weighted by atomic mass is 10.2. The van der Waals surface area contributed by atoms with Crippen molar-refractivity contribution in [2.24, 2.45) is 0 Å². The summed E-state index contributed by atoms with van der Waals surface area (Å²) in [7, 11) is 0. The highest BCUT2D eigenvalue weighted by Crippen LogP contribution is 2.25. The van der Waals surface area contributed by atoms with Crippen LogP contribution >= 0.6 is 11.6 Å². The van der Waals surface area contributed by atoms with Gasteiger partial charge < -0.3 is 4.74 Å². The van der Waals surface area contributed by atoms with Crippen molar-refractivity contribution in [3.8, 4) is 5.75 Å². The highest BCUT2D eigenvalue weighted by molar-refractivity contribution is 6.30. The Bertz CT molecular complexity index is 286. The minimum absolute atomic E-state index is 0.328. The summed E-state index contributed by atoms with van der Waals surface area (Å²) in [6.07, 6.45) is 0. The van der Waals surface area contributed by atoms with Crippen molar-refractivity contribution < 1.29 is 9.13 Å². The maximum Gasteiger partial charge on any atom is 0.131 e. The molecule has 0 saturated heterocycles. The summed E-state index contributed by atoms with van der Waals surface area (Å²) in [5.41, 5.74) is 0.501. The van der Waals surface area contributed by atoms with Gasteiger partial charge in [-0.15, -0.1) is 0 Å². The summed E-state index contributed by atoms with van der Waals surface area (Å²) in [5.74, 6) is 0.188. The number of ether oxygens (including phenoxy) is 1. The third-order valence-corrected chi connectivity index (χ3v) is 1.78. The highest BCUT2D eigenvalue weighted by atomic mass is 35.5. The molecule has 66 valence electrons. The first-order valence-corrected chi connectivity index (χ1v) is 4.11. The fraction of sp³-hybridized carbons (Fsp3) is 0.333. The Balaban J connectivity index is 3.09. The van der Waals surface area contributed by atoms with Gasteiger partial charge >= 0.3 is 0 Å². The maximum absolute atomic E-state index is 13.0. The molecule has 0 aromatic heterocycles. The molecule has 0 unspecified atom stereocenters. The van der Waals surface area contributed by atoms with E-state index in [1.807, 2.05) is 6.92 Å². The molecule has 1 aromatic rings. The zero-order valence-corrected chi connectivity index (χ0v) is 7.78. The smallest absolute Gasteiger partial charge is 0.131 e. The van der Waals surface area contributed by atoms with Crippen LogP contribution in [-0.4, -0.2) is 6.61 Å². The molecule has 0 atom stereocenters. The Hall–Kier alpha value is -0.760. The standard InChI is InChI=1S/C9H10ClFO/c1-3-12-9-5-7(10)4-8(11)6(9)2/h4-5H,3H2,1-2H3. The minimum atomic E-state index is -0.328. The second kappa shape index (κ2) is 3.76. The van der Waals surface area contributed by atoms with Gasteiger partial charge in [0.25, 0.3) is 0 Å². The molecule has 0 heterocycles. The molecule has 0 radical (unpaired) electrons. The molecular weight excluding hydrogens is 179 g/mol. The Kier molecular flexibility index (Phi) is 2.93. The second-order valence-electron chi connectivity index (χ2n) is 2.44. The zero-order chi connectivity index (χ0) is 9.14. The molecule has 0 aliphatic carbocycles. The lowest BCUT2D eigenvalue weighted by Gasteiger charge is -2.07. The Labute approximate surface area is 76.1 Å². The zero-order valence-electron chi connectivity index (χ0n) is 7.03. The predicted octanol–water partition coefficient (Wildman–Crippen LogP) is 3.19. The Morgan fingerprint density at radius 3 is 2.75 bits per heavy atom. The third kappa shape index (κ3) is 1.89. The Morgan fingerprint density at radius 2 is 2.17 bits per heavy atom. The first kappa shape index (κ1) is 9.33. The first-order valence-electron chi connectivity index (χ1n) is 3.73. The minimum Gasteiger partial charge on any atom is -0.493 e. The van der Waals surface area contributed by atoms with Gasteiger partial charge in [-0.05, 0) is 26.0 Å². The van der Waals surface area contributed by atoms with Crippen LogP contribution in [-0.2, 0) is 0 Å². The van der Waals surface area contributed by atoms with Crippen LogP contribution in [0.4, 0.5) is 4.39 Å². The molecular formula is C9H10ClFO. The molecule has 0 spiro atoms. The van der Waals surface area contributed by atoms with E-state index < -0.39 is 0 Å². The molecule has 1 rings (SSSR count). The van der Waals surface area contributed by atoms with E-state index in [0.717, 1.165) is 0 Å². The van der Waals surface area contributed by atoms with E-state index in [2.05, 4.69) is 0 Å². The van der Waals surface area contributed by atoms with Crippen LogP contribution in [0.2, 0.25) is 5.02 Å². The van der Waals surface area contributed by atoms with E-state index in [0.29, 0.717) is 22.9 Å². The molecule has 0 fully saturated rings. The van der Waals surface area contributed by atoms with Crippen molar-refractivity contribution in [3.63, 3.8) is 0 Å². The van der Waals surface area contributed by atoms with Gasteiger partial charge in [0.15, 0.2) is 0 Å². The van der Waals surface area contributed by atoms with Gasteiger partial charge in [-0.3, -0.25) is 0 Å². The van der Waals surface area contributed by atoms with Gasteiger partial charge in [-0.1, -0.05) is 11.6 Å². The van der Waals surface area contributed by atoms with Gasteiger partial charge in [0.2, 0.25) is 0 Å². The molecule has 0 N–H and O–H groups in total. The van der Waals surface area contributed by atoms with Crippen LogP contribution in [0, 0.1) is 12.7 Å². The first-order chi connectivity index (χ1) is 5.65. The van der Waals surface area contributed by atoms with Gasteiger partial charge in [0.1, 0.15) is 11.6 Å². The number of hydrogen-bond acceptors (Lipinski definition) is 1. The average Bonchev–Trinajstić information content (AvgIpc) is 2.00. The van der Waals surface area contributed by atoms with Crippen molar-refractivity contribution in [1.29, 1.82) is 0 Å². The van der Waals surface area contributed by atoms with E-state index in [9.17, 15) is 4.39 Å². The van der Waals surface area contributed by atoms with Crippen molar-refractivity contribution in [2.75, 3.05) is 6.61 Å². The Morgan fingerprint density at radius 1 is 1.50 bits per heavy atom. The summed E-state index contributed by atoms with van der Waals surface area (Å²) in [6.45, 7) is 4.02. The quantitative estimate of drug-likeness (QED) is 0.693. The SMILES string of the molecule is CCOc1cc(Cl)cc(F)c1C. The summed E-state index contributed by atoms with van der Waals surface area (Å²) in [6, 6.07) is 2.89. The predicted molar refractivity (Wildman–Crippen MR) is 47.3 cm³/mol. The maximum atomic E-state index is 13.0. The number of hydrogen-bond donors (Lipinski definition) is 0. The van der Waals surface area contributed by atoms with E-state index in [1.165, 1.54) is 6.07 Å².